The number of pyridine rings is 1. The van der Waals surface area contributed by atoms with Crippen molar-refractivity contribution >= 4 is 40.6 Å². The van der Waals surface area contributed by atoms with Crippen LogP contribution >= 0.6 is 23.2 Å². The minimum absolute atomic E-state index is 0.0651. The summed E-state index contributed by atoms with van der Waals surface area (Å²) in [6.45, 7) is 12.0. The number of aromatic nitrogens is 3. The second-order valence-electron chi connectivity index (χ2n) is 10.9. The van der Waals surface area contributed by atoms with Gasteiger partial charge in [0, 0.05) is 56.3 Å². The van der Waals surface area contributed by atoms with Gasteiger partial charge in [-0.25, -0.2) is 9.48 Å². The number of allylic oxidation sites excluding steroid dienone is 1. The highest BCUT2D eigenvalue weighted by Crippen LogP contribution is 2.29. The molecule has 5 rings (SSSR count). The first-order valence-corrected chi connectivity index (χ1v) is 16.0. The number of carbonyl (C=O) groups is 1. The van der Waals surface area contributed by atoms with E-state index in [9.17, 15) is 9.59 Å². The minimum Gasteiger partial charge on any atom is -0.388 e. The van der Waals surface area contributed by atoms with Crippen LogP contribution in [0, 0.1) is 0 Å². The number of rotatable bonds is 12. The van der Waals surface area contributed by atoms with Crippen LogP contribution in [-0.2, 0) is 17.7 Å². The number of hydrogen-bond acceptors (Lipinski definition) is 7. The van der Waals surface area contributed by atoms with Crippen LogP contribution in [0.1, 0.15) is 18.9 Å². The summed E-state index contributed by atoms with van der Waals surface area (Å²) >= 11 is 12.3. The van der Waals surface area contributed by atoms with Gasteiger partial charge in [0.25, 0.3) is 5.56 Å². The first-order valence-electron chi connectivity index (χ1n) is 15.2. The Balaban J connectivity index is 1.24. The summed E-state index contributed by atoms with van der Waals surface area (Å²) < 4.78 is 6.72. The quantitative estimate of drug-likeness (QED) is 0.153. The molecular weight excluding hydrogens is 625 g/mol. The van der Waals surface area contributed by atoms with Crippen LogP contribution in [0.3, 0.4) is 0 Å². The van der Waals surface area contributed by atoms with Crippen LogP contribution in [-0.4, -0.2) is 65.1 Å². The Hall–Kier alpha value is -4.22. The SMILES string of the molecule is C=C(Cc1ccc(-c2cccc(-c3cc(NC(=O)Nc4c(Cl)cncc4Cl)c(=O)n(CC)n3)c2)cc1)NCCCN1CCOCC1. The fraction of sp³-hybridized carbons (Fsp3) is 0.294. The summed E-state index contributed by atoms with van der Waals surface area (Å²) in [7, 11) is 0. The van der Waals surface area contributed by atoms with E-state index in [1.165, 1.54) is 22.6 Å². The third-order valence-electron chi connectivity index (χ3n) is 7.61. The van der Waals surface area contributed by atoms with Gasteiger partial charge >= 0.3 is 6.03 Å². The maximum absolute atomic E-state index is 13.0. The second kappa shape index (κ2) is 15.9. The standard InChI is InChI=1S/C34H37Cl2N7O3/c1-3-43-33(44)31(39-34(45)40-32-28(35)21-37-22-29(32)36)20-30(41-43)27-7-4-6-26(19-27)25-10-8-24(9-11-25)18-23(2)38-12-5-13-42-14-16-46-17-15-42/h4,6-11,19-22,38H,2-3,5,12-18H2,1H3,(H2,37,39,40,45). The van der Waals surface area contributed by atoms with Crippen molar-refractivity contribution in [3.8, 4) is 22.4 Å². The van der Waals surface area contributed by atoms with Crippen molar-refractivity contribution in [2.24, 2.45) is 0 Å². The summed E-state index contributed by atoms with van der Waals surface area (Å²) in [5, 5.41) is 13.5. The van der Waals surface area contributed by atoms with Crippen LogP contribution < -0.4 is 21.5 Å². The predicted octanol–water partition coefficient (Wildman–Crippen LogP) is 6.31. The van der Waals surface area contributed by atoms with Crippen LogP contribution in [0.2, 0.25) is 10.0 Å². The molecule has 1 aliphatic heterocycles. The normalized spacial score (nSPS) is 13.3. The topological polar surface area (TPSA) is 113 Å². The fourth-order valence-corrected chi connectivity index (χ4v) is 5.62. The van der Waals surface area contributed by atoms with Gasteiger partial charge in [0.2, 0.25) is 0 Å². The molecule has 1 aliphatic rings. The van der Waals surface area contributed by atoms with Crippen molar-refractivity contribution in [3.63, 3.8) is 0 Å². The van der Waals surface area contributed by atoms with Gasteiger partial charge in [-0.2, -0.15) is 5.10 Å². The number of benzene rings is 2. The molecule has 2 aromatic carbocycles. The number of urea groups is 1. The number of hydrogen-bond donors (Lipinski definition) is 3. The molecule has 12 heteroatoms. The average Bonchev–Trinajstić information content (AvgIpc) is 3.07. The van der Waals surface area contributed by atoms with Gasteiger partial charge in [-0.3, -0.25) is 14.7 Å². The number of nitrogens with zero attached hydrogens (tertiary/aromatic N) is 4. The van der Waals surface area contributed by atoms with Gasteiger partial charge in [0.1, 0.15) is 5.69 Å². The summed E-state index contributed by atoms with van der Waals surface area (Å²) in [5.41, 5.74) is 5.36. The smallest absolute Gasteiger partial charge is 0.323 e. The molecule has 240 valence electrons. The molecule has 1 saturated heterocycles. The zero-order chi connectivity index (χ0) is 32.5. The van der Waals surface area contributed by atoms with Crippen LogP contribution in [0.5, 0.6) is 0 Å². The molecule has 4 aromatic rings. The molecule has 0 atom stereocenters. The molecule has 0 radical (unpaired) electrons. The Morgan fingerprint density at radius 3 is 2.41 bits per heavy atom. The number of aryl methyl sites for hydroxylation is 1. The molecule has 46 heavy (non-hydrogen) atoms. The lowest BCUT2D eigenvalue weighted by Gasteiger charge is -2.26. The summed E-state index contributed by atoms with van der Waals surface area (Å²) in [4.78, 5) is 32.1. The van der Waals surface area contributed by atoms with Crippen LogP contribution in [0.4, 0.5) is 16.2 Å². The van der Waals surface area contributed by atoms with E-state index in [-0.39, 0.29) is 21.4 Å². The second-order valence-corrected chi connectivity index (χ2v) is 11.7. The van der Waals surface area contributed by atoms with Gasteiger partial charge < -0.3 is 20.7 Å². The highest BCUT2D eigenvalue weighted by atomic mass is 35.5. The number of ether oxygens (including phenoxy) is 1. The number of morpholine rings is 1. The Kier molecular flexibility index (Phi) is 11.4. The van der Waals surface area contributed by atoms with E-state index in [1.54, 1.807) is 6.07 Å². The van der Waals surface area contributed by atoms with Crippen molar-refractivity contribution in [2.75, 3.05) is 50.0 Å². The Labute approximate surface area is 278 Å². The molecule has 10 nitrogen and oxygen atoms in total. The molecule has 2 amide bonds. The number of nitrogens with one attached hydrogen (secondary N) is 3. The van der Waals surface area contributed by atoms with E-state index in [1.807, 2.05) is 31.2 Å². The largest absolute Gasteiger partial charge is 0.388 e. The number of carbonyl (C=O) groups excluding carboxylic acids is 1. The van der Waals surface area contributed by atoms with E-state index < -0.39 is 11.6 Å². The molecule has 0 unspecified atom stereocenters. The summed E-state index contributed by atoms with van der Waals surface area (Å²) in [5.74, 6) is 0. The lowest BCUT2D eigenvalue weighted by atomic mass is 9.99. The zero-order valence-corrected chi connectivity index (χ0v) is 27.2. The monoisotopic (exact) mass is 661 g/mol. The Morgan fingerprint density at radius 1 is 0.978 bits per heavy atom. The molecular formula is C34H37Cl2N7O3. The lowest BCUT2D eigenvalue weighted by molar-refractivity contribution is 0.0375. The van der Waals surface area contributed by atoms with E-state index >= 15 is 0 Å². The maximum Gasteiger partial charge on any atom is 0.323 e. The van der Waals surface area contributed by atoms with E-state index in [0.717, 1.165) is 74.6 Å². The van der Waals surface area contributed by atoms with Crippen molar-refractivity contribution in [2.45, 2.75) is 26.3 Å². The van der Waals surface area contributed by atoms with E-state index in [4.69, 9.17) is 27.9 Å². The number of amides is 2. The number of halogens is 2. The predicted molar refractivity (Wildman–Crippen MR) is 185 cm³/mol. The molecule has 1 fully saturated rings. The third-order valence-corrected chi connectivity index (χ3v) is 8.18. The van der Waals surface area contributed by atoms with Crippen LogP contribution in [0.15, 0.2) is 84.1 Å². The van der Waals surface area contributed by atoms with Crippen LogP contribution in [0.25, 0.3) is 22.4 Å². The Morgan fingerprint density at radius 2 is 1.70 bits per heavy atom. The Bertz CT molecular complexity index is 1720. The van der Waals surface area contributed by atoms with Crippen molar-refractivity contribution in [1.29, 1.82) is 0 Å². The molecule has 0 saturated carbocycles. The summed E-state index contributed by atoms with van der Waals surface area (Å²) in [6, 6.07) is 17.2. The average molecular weight is 663 g/mol. The molecule has 3 heterocycles. The van der Waals surface area contributed by atoms with Crippen molar-refractivity contribution in [3.05, 3.63) is 105 Å². The summed E-state index contributed by atoms with van der Waals surface area (Å²) in [6.07, 6.45) is 4.55. The molecule has 2 aromatic heterocycles. The van der Waals surface area contributed by atoms with Gasteiger partial charge in [0.05, 0.1) is 34.6 Å². The van der Waals surface area contributed by atoms with Gasteiger partial charge in [-0.1, -0.05) is 72.2 Å². The zero-order valence-electron chi connectivity index (χ0n) is 25.7. The van der Waals surface area contributed by atoms with E-state index in [2.05, 4.69) is 61.8 Å². The first kappa shape index (κ1) is 33.2. The molecule has 3 N–H and O–H groups in total. The maximum atomic E-state index is 13.0. The minimum atomic E-state index is -0.674. The number of anilines is 2. The van der Waals surface area contributed by atoms with Crippen molar-refractivity contribution < 1.29 is 9.53 Å². The molecule has 0 spiro atoms. The van der Waals surface area contributed by atoms with Gasteiger partial charge in [-0.05, 0) is 48.7 Å². The highest BCUT2D eigenvalue weighted by Gasteiger charge is 2.15. The fourth-order valence-electron chi connectivity index (χ4n) is 5.16. The van der Waals surface area contributed by atoms with E-state index in [0.29, 0.717) is 12.2 Å². The lowest BCUT2D eigenvalue weighted by Crippen LogP contribution is -2.37. The highest BCUT2D eigenvalue weighted by molar-refractivity contribution is 6.39. The molecule has 0 bridgehead atoms. The first-order chi connectivity index (χ1) is 22.3. The molecule has 0 aliphatic carbocycles. The van der Waals surface area contributed by atoms with Gasteiger partial charge in [0.15, 0.2) is 0 Å². The van der Waals surface area contributed by atoms with Crippen molar-refractivity contribution in [1.82, 2.24) is 25.0 Å². The van der Waals surface area contributed by atoms with Gasteiger partial charge in [-0.15, -0.1) is 0 Å². The third kappa shape index (κ3) is 8.73.